The van der Waals surface area contributed by atoms with Crippen LogP contribution in [-0.2, 0) is 0 Å². The Kier molecular flexibility index (Phi) is 5.23. The highest BCUT2D eigenvalue weighted by Crippen LogP contribution is 2.29. The highest BCUT2D eigenvalue weighted by molar-refractivity contribution is 4.90. The van der Waals surface area contributed by atoms with Gasteiger partial charge in [-0.3, -0.25) is 4.90 Å². The summed E-state index contributed by atoms with van der Waals surface area (Å²) in [6.07, 6.45) is 9.71. The fourth-order valence-corrected chi connectivity index (χ4v) is 4.47. The molecule has 0 aromatic rings. The van der Waals surface area contributed by atoms with Crippen molar-refractivity contribution in [3.63, 3.8) is 0 Å². The molecule has 2 atom stereocenters. The smallest absolute Gasteiger partial charge is 0.0223 e. The van der Waals surface area contributed by atoms with Crippen LogP contribution in [0.4, 0.5) is 0 Å². The zero-order chi connectivity index (χ0) is 14.7. The fraction of sp³-hybridized carbons (Fsp3) is 1.00. The van der Waals surface area contributed by atoms with E-state index in [2.05, 4.69) is 29.0 Å². The summed E-state index contributed by atoms with van der Waals surface area (Å²) in [4.78, 5) is 5.54. The van der Waals surface area contributed by atoms with E-state index in [0.29, 0.717) is 5.41 Å². The molecule has 3 aliphatic rings. The molecule has 2 heterocycles. The number of hydrogen-bond acceptors (Lipinski definition) is 3. The normalized spacial score (nSPS) is 30.9. The molecule has 3 nitrogen and oxygen atoms in total. The third kappa shape index (κ3) is 4.43. The molecule has 1 saturated carbocycles. The number of nitrogens with one attached hydrogen (secondary N) is 1. The minimum absolute atomic E-state index is 0.463. The Morgan fingerprint density at radius 2 is 1.90 bits per heavy atom. The Labute approximate surface area is 131 Å². The number of nitrogens with zero attached hydrogens (tertiary/aromatic N) is 2. The lowest BCUT2D eigenvalue weighted by atomic mass is 9.84. The van der Waals surface area contributed by atoms with E-state index in [4.69, 9.17) is 0 Å². The summed E-state index contributed by atoms with van der Waals surface area (Å²) in [5.74, 6) is 0. The van der Waals surface area contributed by atoms with Gasteiger partial charge >= 0.3 is 0 Å². The van der Waals surface area contributed by atoms with Gasteiger partial charge in [-0.15, -0.1) is 0 Å². The maximum absolute atomic E-state index is 3.80. The summed E-state index contributed by atoms with van der Waals surface area (Å²) in [5, 5.41) is 3.80. The van der Waals surface area contributed by atoms with Crippen LogP contribution in [0.5, 0.6) is 0 Å². The van der Waals surface area contributed by atoms with Crippen LogP contribution in [0.15, 0.2) is 0 Å². The Morgan fingerprint density at radius 3 is 2.67 bits per heavy atom. The summed E-state index contributed by atoms with van der Waals surface area (Å²) in [5.41, 5.74) is 0.463. The lowest BCUT2D eigenvalue weighted by molar-refractivity contribution is 0.138. The van der Waals surface area contributed by atoms with Crippen molar-refractivity contribution in [2.45, 2.75) is 70.9 Å². The van der Waals surface area contributed by atoms with Crippen LogP contribution in [0.3, 0.4) is 0 Å². The molecule has 3 fully saturated rings. The molecule has 0 radical (unpaired) electrons. The maximum Gasteiger partial charge on any atom is 0.0223 e. The Hall–Kier alpha value is -0.120. The quantitative estimate of drug-likeness (QED) is 0.778. The second-order valence-electron chi connectivity index (χ2n) is 8.14. The van der Waals surface area contributed by atoms with Crippen molar-refractivity contribution in [2.75, 3.05) is 39.3 Å². The van der Waals surface area contributed by atoms with Gasteiger partial charge in [-0.25, -0.2) is 0 Å². The molecule has 0 aromatic carbocycles. The van der Waals surface area contributed by atoms with Gasteiger partial charge in [0.25, 0.3) is 0 Å². The van der Waals surface area contributed by atoms with Gasteiger partial charge in [-0.05, 0) is 63.6 Å². The van der Waals surface area contributed by atoms with E-state index in [9.17, 15) is 0 Å². The molecule has 0 amide bonds. The van der Waals surface area contributed by atoms with Crippen LogP contribution in [0, 0.1) is 5.41 Å². The Balaban J connectivity index is 1.55. The van der Waals surface area contributed by atoms with Crippen LogP contribution in [0.1, 0.15) is 58.8 Å². The van der Waals surface area contributed by atoms with E-state index in [-0.39, 0.29) is 0 Å². The first-order chi connectivity index (χ1) is 10.2. The Bertz CT molecular complexity index is 328. The average molecular weight is 293 g/mol. The number of fused-ring (bicyclic) bond motifs is 1. The minimum atomic E-state index is 0.463. The van der Waals surface area contributed by atoms with Crippen molar-refractivity contribution in [2.24, 2.45) is 5.41 Å². The topological polar surface area (TPSA) is 18.5 Å². The highest BCUT2D eigenvalue weighted by Gasteiger charge is 2.33. The van der Waals surface area contributed by atoms with E-state index in [0.717, 1.165) is 12.1 Å². The van der Waals surface area contributed by atoms with Crippen molar-refractivity contribution in [3.8, 4) is 0 Å². The van der Waals surface area contributed by atoms with E-state index < -0.39 is 0 Å². The first kappa shape index (κ1) is 15.8. The molecule has 2 aliphatic heterocycles. The van der Waals surface area contributed by atoms with Crippen LogP contribution in [0.25, 0.3) is 0 Å². The zero-order valence-electron chi connectivity index (χ0n) is 14.2. The lowest BCUT2D eigenvalue weighted by Crippen LogP contribution is -2.45. The molecule has 3 rings (SSSR count). The largest absolute Gasteiger partial charge is 0.313 e. The van der Waals surface area contributed by atoms with Crippen LogP contribution >= 0.6 is 0 Å². The minimum Gasteiger partial charge on any atom is -0.313 e. The van der Waals surface area contributed by atoms with Gasteiger partial charge in [0.15, 0.2) is 0 Å². The van der Waals surface area contributed by atoms with Gasteiger partial charge in [0.05, 0.1) is 0 Å². The van der Waals surface area contributed by atoms with Crippen molar-refractivity contribution in [1.29, 1.82) is 0 Å². The lowest BCUT2D eigenvalue weighted by Gasteiger charge is -2.36. The third-order valence-corrected chi connectivity index (χ3v) is 5.74. The van der Waals surface area contributed by atoms with Gasteiger partial charge in [0.2, 0.25) is 0 Å². The van der Waals surface area contributed by atoms with Crippen LogP contribution in [-0.4, -0.2) is 61.2 Å². The summed E-state index contributed by atoms with van der Waals surface area (Å²) in [6, 6.07) is 1.70. The molecule has 1 N–H and O–H groups in total. The van der Waals surface area contributed by atoms with Gasteiger partial charge in [-0.1, -0.05) is 20.3 Å². The molecular weight excluding hydrogens is 258 g/mol. The molecule has 0 aromatic heterocycles. The highest BCUT2D eigenvalue weighted by atomic mass is 15.3. The van der Waals surface area contributed by atoms with E-state index in [1.165, 1.54) is 84.2 Å². The number of rotatable bonds is 7. The average Bonchev–Trinajstić information content (AvgIpc) is 3.21. The SMILES string of the molecule is CCCC(C)(CNC1CC1)CN1CCCN2CCCC2C1. The molecule has 0 bridgehead atoms. The Morgan fingerprint density at radius 1 is 1.10 bits per heavy atom. The second kappa shape index (κ2) is 6.97. The summed E-state index contributed by atoms with van der Waals surface area (Å²) in [7, 11) is 0. The zero-order valence-corrected chi connectivity index (χ0v) is 14.2. The number of hydrogen-bond donors (Lipinski definition) is 1. The van der Waals surface area contributed by atoms with Crippen molar-refractivity contribution in [3.05, 3.63) is 0 Å². The summed E-state index contributed by atoms with van der Waals surface area (Å²) in [6.45, 7) is 12.7. The van der Waals surface area contributed by atoms with E-state index >= 15 is 0 Å². The summed E-state index contributed by atoms with van der Waals surface area (Å²) >= 11 is 0. The van der Waals surface area contributed by atoms with Gasteiger partial charge in [0.1, 0.15) is 0 Å². The molecular formula is C18H35N3. The van der Waals surface area contributed by atoms with Gasteiger partial charge in [-0.2, -0.15) is 0 Å². The van der Waals surface area contributed by atoms with Crippen molar-refractivity contribution < 1.29 is 0 Å². The van der Waals surface area contributed by atoms with E-state index in [1.807, 2.05) is 0 Å². The maximum atomic E-state index is 3.80. The van der Waals surface area contributed by atoms with Crippen molar-refractivity contribution in [1.82, 2.24) is 15.1 Å². The third-order valence-electron chi connectivity index (χ3n) is 5.74. The molecule has 21 heavy (non-hydrogen) atoms. The first-order valence-corrected chi connectivity index (χ1v) is 9.38. The van der Waals surface area contributed by atoms with Crippen molar-refractivity contribution >= 4 is 0 Å². The second-order valence-corrected chi connectivity index (χ2v) is 8.14. The molecule has 3 heteroatoms. The molecule has 2 unspecified atom stereocenters. The summed E-state index contributed by atoms with van der Waals surface area (Å²) < 4.78 is 0. The monoisotopic (exact) mass is 293 g/mol. The predicted octanol–water partition coefficient (Wildman–Crippen LogP) is 2.71. The molecule has 1 aliphatic carbocycles. The predicted molar refractivity (Wildman–Crippen MR) is 89.7 cm³/mol. The molecule has 0 spiro atoms. The van der Waals surface area contributed by atoms with Gasteiger partial charge < -0.3 is 10.2 Å². The van der Waals surface area contributed by atoms with Crippen LogP contribution in [0.2, 0.25) is 0 Å². The first-order valence-electron chi connectivity index (χ1n) is 9.38. The van der Waals surface area contributed by atoms with E-state index in [1.54, 1.807) is 0 Å². The molecule has 122 valence electrons. The standard InChI is InChI=1S/C18H35N3/c1-3-9-18(2,14-19-16-7-8-16)15-20-10-5-12-21-11-4-6-17(21)13-20/h16-17,19H,3-15H2,1-2H3. The fourth-order valence-electron chi connectivity index (χ4n) is 4.47. The van der Waals surface area contributed by atoms with Gasteiger partial charge in [0, 0.05) is 31.7 Å². The van der Waals surface area contributed by atoms with Crippen LogP contribution < -0.4 is 5.32 Å². The molecule has 2 saturated heterocycles.